The summed E-state index contributed by atoms with van der Waals surface area (Å²) >= 11 is 6.60. The molecule has 0 bridgehead atoms. The fourth-order valence-electron chi connectivity index (χ4n) is 4.55. The van der Waals surface area contributed by atoms with Crippen molar-refractivity contribution in [2.45, 2.75) is 45.7 Å². The fraction of sp³-hybridized carbons (Fsp3) is 0.286. The number of benzene rings is 2. The zero-order valence-electron chi connectivity index (χ0n) is 20.8. The SMILES string of the molecule is Cc1cc2nc(NCCCn3ccnc3)c3ncc(-c4ccc(C(=O)NC5CC5)c(Cl)c4)n3c2cc1C. The first kappa shape index (κ1) is 23.5. The lowest BCUT2D eigenvalue weighted by Crippen LogP contribution is -2.25. The van der Waals surface area contributed by atoms with E-state index in [1.54, 1.807) is 12.3 Å². The van der Waals surface area contributed by atoms with Crippen LogP contribution in [-0.2, 0) is 6.54 Å². The summed E-state index contributed by atoms with van der Waals surface area (Å²) in [7, 11) is 0. The number of carbonyl (C=O) groups is 1. The van der Waals surface area contributed by atoms with Gasteiger partial charge < -0.3 is 15.2 Å². The van der Waals surface area contributed by atoms with E-state index >= 15 is 0 Å². The highest BCUT2D eigenvalue weighted by molar-refractivity contribution is 6.34. The van der Waals surface area contributed by atoms with E-state index in [4.69, 9.17) is 21.6 Å². The molecule has 0 unspecified atom stereocenters. The maximum Gasteiger partial charge on any atom is 0.253 e. The molecule has 188 valence electrons. The lowest BCUT2D eigenvalue weighted by atomic mass is 10.1. The minimum absolute atomic E-state index is 0.125. The zero-order valence-corrected chi connectivity index (χ0v) is 21.6. The van der Waals surface area contributed by atoms with E-state index in [-0.39, 0.29) is 11.9 Å². The van der Waals surface area contributed by atoms with Crippen LogP contribution in [0.25, 0.3) is 27.9 Å². The van der Waals surface area contributed by atoms with Crippen molar-refractivity contribution >= 4 is 40.0 Å². The van der Waals surface area contributed by atoms with Gasteiger partial charge in [0.15, 0.2) is 11.5 Å². The smallest absolute Gasteiger partial charge is 0.253 e. The second-order valence-electron chi connectivity index (χ2n) is 9.71. The highest BCUT2D eigenvalue weighted by atomic mass is 35.5. The van der Waals surface area contributed by atoms with E-state index in [2.05, 4.69) is 50.6 Å². The molecule has 0 saturated heterocycles. The van der Waals surface area contributed by atoms with Crippen LogP contribution in [0.2, 0.25) is 5.02 Å². The van der Waals surface area contributed by atoms with Crippen molar-refractivity contribution in [1.29, 1.82) is 0 Å². The molecule has 3 heterocycles. The second kappa shape index (κ2) is 9.52. The summed E-state index contributed by atoms with van der Waals surface area (Å²) in [5.74, 6) is 0.610. The molecule has 0 spiro atoms. The molecule has 8 nitrogen and oxygen atoms in total. The van der Waals surface area contributed by atoms with E-state index in [9.17, 15) is 4.79 Å². The van der Waals surface area contributed by atoms with Gasteiger partial charge in [0.25, 0.3) is 5.91 Å². The normalized spacial score (nSPS) is 13.4. The molecule has 1 aliphatic rings. The van der Waals surface area contributed by atoms with Gasteiger partial charge in [0.1, 0.15) is 0 Å². The van der Waals surface area contributed by atoms with Crippen LogP contribution < -0.4 is 10.6 Å². The van der Waals surface area contributed by atoms with Gasteiger partial charge in [-0.2, -0.15) is 0 Å². The first-order valence-corrected chi connectivity index (χ1v) is 12.9. The van der Waals surface area contributed by atoms with Crippen molar-refractivity contribution < 1.29 is 4.79 Å². The number of hydrogen-bond acceptors (Lipinski definition) is 5. The summed E-state index contributed by atoms with van der Waals surface area (Å²) in [5.41, 5.74) is 7.24. The summed E-state index contributed by atoms with van der Waals surface area (Å²) in [4.78, 5) is 26.4. The molecule has 0 aliphatic heterocycles. The Morgan fingerprint density at radius 3 is 2.76 bits per heavy atom. The number of aryl methyl sites for hydroxylation is 3. The topological polar surface area (TPSA) is 89.1 Å². The van der Waals surface area contributed by atoms with Crippen LogP contribution >= 0.6 is 11.6 Å². The third kappa shape index (κ3) is 4.64. The molecule has 2 N–H and O–H groups in total. The van der Waals surface area contributed by atoms with Crippen molar-refractivity contribution in [3.8, 4) is 11.3 Å². The fourth-order valence-corrected chi connectivity index (χ4v) is 4.81. The predicted octanol–water partition coefficient (Wildman–Crippen LogP) is 5.41. The van der Waals surface area contributed by atoms with Gasteiger partial charge >= 0.3 is 0 Å². The minimum atomic E-state index is -0.125. The van der Waals surface area contributed by atoms with Gasteiger partial charge in [-0.15, -0.1) is 0 Å². The zero-order chi connectivity index (χ0) is 25.5. The molecule has 1 aliphatic carbocycles. The van der Waals surface area contributed by atoms with E-state index < -0.39 is 0 Å². The van der Waals surface area contributed by atoms with Crippen molar-refractivity contribution in [2.24, 2.45) is 0 Å². The highest BCUT2D eigenvalue weighted by Crippen LogP contribution is 2.32. The number of nitrogens with zero attached hydrogens (tertiary/aromatic N) is 5. The largest absolute Gasteiger partial charge is 0.367 e. The molecule has 3 aromatic heterocycles. The molecule has 2 aromatic carbocycles. The molecule has 0 atom stereocenters. The molecular formula is C28H28ClN7O. The molecule has 1 saturated carbocycles. The molecular weight excluding hydrogens is 486 g/mol. The van der Waals surface area contributed by atoms with Gasteiger partial charge in [-0.1, -0.05) is 17.7 Å². The Hall–Kier alpha value is -3.91. The number of amides is 1. The van der Waals surface area contributed by atoms with Crippen LogP contribution in [0.4, 0.5) is 5.82 Å². The molecule has 9 heteroatoms. The van der Waals surface area contributed by atoms with Gasteiger partial charge in [0, 0.05) is 37.1 Å². The van der Waals surface area contributed by atoms with E-state index in [0.717, 1.165) is 66.1 Å². The van der Waals surface area contributed by atoms with Crippen LogP contribution in [0.3, 0.4) is 0 Å². The Labute approximate surface area is 219 Å². The molecule has 5 aromatic rings. The molecule has 6 rings (SSSR count). The number of halogens is 1. The van der Waals surface area contributed by atoms with Crippen molar-refractivity contribution in [1.82, 2.24) is 29.2 Å². The monoisotopic (exact) mass is 513 g/mol. The van der Waals surface area contributed by atoms with Crippen molar-refractivity contribution in [2.75, 3.05) is 11.9 Å². The van der Waals surface area contributed by atoms with Gasteiger partial charge in [0.2, 0.25) is 0 Å². The average Bonchev–Trinajstić information content (AvgIpc) is 3.35. The van der Waals surface area contributed by atoms with Crippen LogP contribution in [0.1, 0.15) is 40.7 Å². The molecule has 0 radical (unpaired) electrons. The average molecular weight is 514 g/mol. The minimum Gasteiger partial charge on any atom is -0.367 e. The third-order valence-electron chi connectivity index (χ3n) is 6.90. The lowest BCUT2D eigenvalue weighted by Gasteiger charge is -2.14. The number of fused-ring (bicyclic) bond motifs is 3. The summed E-state index contributed by atoms with van der Waals surface area (Å²) in [6.45, 7) is 5.81. The Morgan fingerprint density at radius 2 is 2.00 bits per heavy atom. The maximum atomic E-state index is 12.6. The predicted molar refractivity (Wildman–Crippen MR) is 146 cm³/mol. The van der Waals surface area contributed by atoms with E-state index in [1.165, 1.54) is 11.1 Å². The molecule has 1 amide bonds. The van der Waals surface area contributed by atoms with Crippen molar-refractivity contribution in [3.05, 3.63) is 77.0 Å². The number of hydrogen-bond donors (Lipinski definition) is 2. The van der Waals surface area contributed by atoms with Crippen LogP contribution in [0, 0.1) is 13.8 Å². The van der Waals surface area contributed by atoms with Crippen LogP contribution in [0.15, 0.2) is 55.2 Å². The van der Waals surface area contributed by atoms with Gasteiger partial charge in [-0.05, 0) is 68.5 Å². The first-order chi connectivity index (χ1) is 18.0. The summed E-state index contributed by atoms with van der Waals surface area (Å²) in [5, 5.41) is 6.93. The summed E-state index contributed by atoms with van der Waals surface area (Å²) in [6, 6.07) is 10.1. The van der Waals surface area contributed by atoms with Gasteiger partial charge in [-0.25, -0.2) is 15.0 Å². The molecule has 37 heavy (non-hydrogen) atoms. The lowest BCUT2D eigenvalue weighted by molar-refractivity contribution is 0.0951. The molecule has 1 fully saturated rings. The van der Waals surface area contributed by atoms with E-state index in [0.29, 0.717) is 10.6 Å². The quantitative estimate of drug-likeness (QED) is 0.271. The Kier molecular flexibility index (Phi) is 6.04. The first-order valence-electron chi connectivity index (χ1n) is 12.6. The number of aromatic nitrogens is 5. The number of nitrogens with one attached hydrogen (secondary N) is 2. The number of anilines is 1. The highest BCUT2D eigenvalue weighted by Gasteiger charge is 2.25. The Bertz CT molecular complexity index is 1620. The third-order valence-corrected chi connectivity index (χ3v) is 7.22. The number of rotatable bonds is 8. The summed E-state index contributed by atoms with van der Waals surface area (Å²) in [6.07, 6.45) is 10.4. The van der Waals surface area contributed by atoms with Crippen molar-refractivity contribution in [3.63, 3.8) is 0 Å². The number of carbonyl (C=O) groups excluding carboxylic acids is 1. The van der Waals surface area contributed by atoms with E-state index in [1.807, 2.05) is 30.9 Å². The van der Waals surface area contributed by atoms with Crippen LogP contribution in [0.5, 0.6) is 0 Å². The number of imidazole rings is 2. The Balaban J connectivity index is 1.38. The Morgan fingerprint density at radius 1 is 1.16 bits per heavy atom. The van der Waals surface area contributed by atoms with Gasteiger partial charge in [-0.3, -0.25) is 9.20 Å². The maximum absolute atomic E-state index is 12.6. The van der Waals surface area contributed by atoms with Gasteiger partial charge in [0.05, 0.1) is 39.8 Å². The summed E-state index contributed by atoms with van der Waals surface area (Å²) < 4.78 is 4.19. The van der Waals surface area contributed by atoms with Crippen LogP contribution in [-0.4, -0.2) is 42.4 Å². The standard InChI is InChI=1S/C28H28ClN7O/c1-17-12-23-24(13-18(17)2)36-25(19-4-7-21(22(29)14-19)28(37)33-20-5-6-20)15-32-27(36)26(34-23)31-8-3-10-35-11-9-30-16-35/h4,7,9,11-16,20H,3,5-6,8,10H2,1-2H3,(H,31,34)(H,33,37). The second-order valence-corrected chi connectivity index (χ2v) is 10.1.